The van der Waals surface area contributed by atoms with Crippen LogP contribution in [0.4, 0.5) is 4.79 Å². The first-order valence-corrected chi connectivity index (χ1v) is 3.31. The van der Waals surface area contributed by atoms with E-state index in [1.807, 2.05) is 5.32 Å². The summed E-state index contributed by atoms with van der Waals surface area (Å²) in [7, 11) is 0. The second-order valence-corrected chi connectivity index (χ2v) is 3.19. The number of carbonyl (C=O) groups excluding carboxylic acids is 2. The van der Waals surface area contributed by atoms with Gasteiger partial charge in [0, 0.05) is 0 Å². The molecule has 1 heterocycles. The molecule has 0 bridgehead atoms. The van der Waals surface area contributed by atoms with Crippen molar-refractivity contribution in [2.75, 3.05) is 0 Å². The minimum absolute atomic E-state index is 0.699. The molecule has 0 radical (unpaired) electrons. The first-order chi connectivity index (χ1) is 4.94. The third kappa shape index (κ3) is 1.29. The van der Waals surface area contributed by atoms with Gasteiger partial charge in [0.2, 0.25) is 0 Å². The number of urea groups is 1. The van der Waals surface area contributed by atoms with E-state index in [0.717, 1.165) is 0 Å². The predicted molar refractivity (Wildman–Crippen MR) is 36.9 cm³/mol. The van der Waals surface area contributed by atoms with E-state index >= 15 is 0 Å². The fourth-order valence-corrected chi connectivity index (χ4v) is 0.747. The number of carbonyl (C=O) groups is 2. The van der Waals surface area contributed by atoms with Crippen LogP contribution in [0.1, 0.15) is 6.92 Å². The van der Waals surface area contributed by atoms with Crippen molar-refractivity contribution in [3.8, 4) is 0 Å². The molecule has 0 saturated carbocycles. The van der Waals surface area contributed by atoms with E-state index in [0.29, 0.717) is 0 Å². The molecule has 1 aliphatic rings. The zero-order valence-electron chi connectivity index (χ0n) is 5.72. The number of halogens is 1. The molecule has 2 atom stereocenters. The lowest BCUT2D eigenvalue weighted by Crippen LogP contribution is -2.65. The Bertz CT molecular complexity index is 216. The SMILES string of the molecule is C[C@@]1(Cl)C(=O)NC(=O)N[C@H]1O. The molecule has 1 rings (SSSR count). The Morgan fingerprint density at radius 2 is 2.18 bits per heavy atom. The summed E-state index contributed by atoms with van der Waals surface area (Å²) >= 11 is 5.56. The van der Waals surface area contributed by atoms with Crippen LogP contribution in [0.25, 0.3) is 0 Å². The van der Waals surface area contributed by atoms with Crippen molar-refractivity contribution >= 4 is 23.5 Å². The van der Waals surface area contributed by atoms with Crippen LogP contribution in [-0.4, -0.2) is 28.1 Å². The molecule has 0 aromatic rings. The molecule has 11 heavy (non-hydrogen) atoms. The lowest BCUT2D eigenvalue weighted by atomic mass is 10.1. The second kappa shape index (κ2) is 2.35. The topological polar surface area (TPSA) is 78.4 Å². The summed E-state index contributed by atoms with van der Waals surface area (Å²) in [5.41, 5.74) is 0. The lowest BCUT2D eigenvalue weighted by Gasteiger charge is -2.31. The molecule has 0 spiro atoms. The Kier molecular flexibility index (Phi) is 1.77. The van der Waals surface area contributed by atoms with Gasteiger partial charge in [-0.2, -0.15) is 0 Å². The Morgan fingerprint density at radius 1 is 1.64 bits per heavy atom. The van der Waals surface area contributed by atoms with E-state index in [1.165, 1.54) is 6.92 Å². The maximum absolute atomic E-state index is 10.9. The lowest BCUT2D eigenvalue weighted by molar-refractivity contribution is -0.127. The van der Waals surface area contributed by atoms with Gasteiger partial charge in [0.25, 0.3) is 5.91 Å². The van der Waals surface area contributed by atoms with E-state index in [-0.39, 0.29) is 0 Å². The minimum atomic E-state index is -1.48. The monoisotopic (exact) mass is 178 g/mol. The van der Waals surface area contributed by atoms with Crippen LogP contribution >= 0.6 is 11.6 Å². The van der Waals surface area contributed by atoms with Gasteiger partial charge in [-0.3, -0.25) is 10.1 Å². The average Bonchev–Trinajstić information content (AvgIpc) is 1.84. The number of nitrogens with one attached hydrogen (secondary N) is 2. The summed E-state index contributed by atoms with van der Waals surface area (Å²) in [5, 5.41) is 13.0. The average molecular weight is 179 g/mol. The number of rotatable bonds is 0. The third-order valence-electron chi connectivity index (χ3n) is 1.45. The van der Waals surface area contributed by atoms with Crippen LogP contribution in [0.15, 0.2) is 0 Å². The number of aliphatic hydroxyl groups excluding tert-OH is 1. The largest absolute Gasteiger partial charge is 0.371 e. The summed E-state index contributed by atoms with van der Waals surface area (Å²) in [4.78, 5) is 19.9. The van der Waals surface area contributed by atoms with Gasteiger partial charge in [0.1, 0.15) is 0 Å². The van der Waals surface area contributed by atoms with Crippen LogP contribution in [0, 0.1) is 0 Å². The Hall–Kier alpha value is -0.810. The van der Waals surface area contributed by atoms with E-state index < -0.39 is 23.0 Å². The van der Waals surface area contributed by atoms with E-state index in [2.05, 4.69) is 5.32 Å². The summed E-state index contributed by atoms with van der Waals surface area (Å²) < 4.78 is 0. The van der Waals surface area contributed by atoms with Crippen molar-refractivity contribution in [1.82, 2.24) is 10.6 Å². The molecule has 3 amide bonds. The Labute approximate surface area is 67.7 Å². The highest BCUT2D eigenvalue weighted by molar-refractivity contribution is 6.36. The standard InChI is InChI=1S/C5H7ClN2O3/c1-5(6)2(9)7-4(11)8-3(5)10/h2,9H,1H3,(H2,7,8,10,11)/t2-,5-/m0/s1. The summed E-state index contributed by atoms with van der Waals surface area (Å²) in [5.74, 6) is -0.699. The molecule has 62 valence electrons. The predicted octanol–water partition coefficient (Wildman–Crippen LogP) is -0.858. The molecule has 0 aromatic carbocycles. The molecule has 0 unspecified atom stereocenters. The number of hydrogen-bond acceptors (Lipinski definition) is 3. The second-order valence-electron chi connectivity index (χ2n) is 2.41. The quantitative estimate of drug-likeness (QED) is 0.423. The van der Waals surface area contributed by atoms with E-state index in [1.54, 1.807) is 0 Å². The van der Waals surface area contributed by atoms with Crippen molar-refractivity contribution < 1.29 is 14.7 Å². The van der Waals surface area contributed by atoms with Crippen molar-refractivity contribution in [1.29, 1.82) is 0 Å². The van der Waals surface area contributed by atoms with Crippen molar-refractivity contribution in [3.63, 3.8) is 0 Å². The van der Waals surface area contributed by atoms with Gasteiger partial charge in [0.05, 0.1) is 0 Å². The van der Waals surface area contributed by atoms with Gasteiger partial charge in [-0.15, -0.1) is 11.6 Å². The van der Waals surface area contributed by atoms with Gasteiger partial charge in [-0.05, 0) is 6.92 Å². The zero-order valence-corrected chi connectivity index (χ0v) is 6.47. The van der Waals surface area contributed by atoms with Crippen molar-refractivity contribution in [2.24, 2.45) is 0 Å². The van der Waals surface area contributed by atoms with Crippen LogP contribution in [-0.2, 0) is 4.79 Å². The fourth-order valence-electron chi connectivity index (χ4n) is 0.645. The van der Waals surface area contributed by atoms with Gasteiger partial charge < -0.3 is 10.4 Å². The molecule has 6 heteroatoms. The van der Waals surface area contributed by atoms with Gasteiger partial charge in [0.15, 0.2) is 11.1 Å². The molecule has 1 saturated heterocycles. The van der Waals surface area contributed by atoms with Crippen LogP contribution < -0.4 is 10.6 Å². The molecule has 3 N–H and O–H groups in total. The highest BCUT2D eigenvalue weighted by Gasteiger charge is 2.44. The number of alkyl halides is 1. The smallest absolute Gasteiger partial charge is 0.323 e. The van der Waals surface area contributed by atoms with Crippen LogP contribution in [0.5, 0.6) is 0 Å². The number of hydrogen-bond donors (Lipinski definition) is 3. The summed E-state index contributed by atoms with van der Waals surface area (Å²) in [6.45, 7) is 1.31. The van der Waals surface area contributed by atoms with Gasteiger partial charge in [-0.1, -0.05) is 0 Å². The van der Waals surface area contributed by atoms with Crippen molar-refractivity contribution in [3.05, 3.63) is 0 Å². The van der Waals surface area contributed by atoms with Crippen LogP contribution in [0.3, 0.4) is 0 Å². The Morgan fingerprint density at radius 3 is 2.64 bits per heavy atom. The summed E-state index contributed by atoms with van der Waals surface area (Å²) in [6, 6.07) is -0.736. The van der Waals surface area contributed by atoms with E-state index in [9.17, 15) is 9.59 Å². The molecular weight excluding hydrogens is 172 g/mol. The molecule has 0 aromatic heterocycles. The highest BCUT2D eigenvalue weighted by atomic mass is 35.5. The van der Waals surface area contributed by atoms with Crippen LogP contribution in [0.2, 0.25) is 0 Å². The minimum Gasteiger partial charge on any atom is -0.371 e. The maximum atomic E-state index is 10.9. The maximum Gasteiger partial charge on any atom is 0.323 e. The number of amides is 3. The molecular formula is C5H7ClN2O3. The number of imide groups is 1. The first-order valence-electron chi connectivity index (χ1n) is 2.93. The molecule has 0 aliphatic carbocycles. The van der Waals surface area contributed by atoms with E-state index in [4.69, 9.17) is 16.7 Å². The van der Waals surface area contributed by atoms with Crippen molar-refractivity contribution in [2.45, 2.75) is 18.0 Å². The molecule has 5 nitrogen and oxygen atoms in total. The van der Waals surface area contributed by atoms with Gasteiger partial charge in [-0.25, -0.2) is 4.79 Å². The number of aliphatic hydroxyl groups is 1. The first kappa shape index (κ1) is 8.29. The summed E-state index contributed by atoms with van der Waals surface area (Å²) in [6.07, 6.45) is -1.34. The third-order valence-corrected chi connectivity index (χ3v) is 1.83. The molecule has 1 fully saturated rings. The highest BCUT2D eigenvalue weighted by Crippen LogP contribution is 2.20. The molecule has 1 aliphatic heterocycles. The van der Waals surface area contributed by atoms with Gasteiger partial charge >= 0.3 is 6.03 Å². The zero-order chi connectivity index (χ0) is 8.65. The fraction of sp³-hybridized carbons (Fsp3) is 0.600. The normalized spacial score (nSPS) is 37.9. The Balaban J connectivity index is 2.84.